The lowest BCUT2D eigenvalue weighted by Gasteiger charge is -2.25. The smallest absolute Gasteiger partial charge is 0.0858 e. The van der Waals surface area contributed by atoms with Gasteiger partial charge in [-0.05, 0) is 72.8 Å². The van der Waals surface area contributed by atoms with Crippen LogP contribution in [0.5, 0.6) is 0 Å². The van der Waals surface area contributed by atoms with Crippen molar-refractivity contribution in [3.8, 4) is 0 Å². The summed E-state index contributed by atoms with van der Waals surface area (Å²) in [6, 6.07) is 36.5. The third-order valence-corrected chi connectivity index (χ3v) is 4.77. The van der Waals surface area contributed by atoms with Crippen molar-refractivity contribution in [3.05, 3.63) is 114 Å². The van der Waals surface area contributed by atoms with E-state index in [1.54, 1.807) is 0 Å². The quantitative estimate of drug-likeness (QED) is 0.294. The zero-order valence-corrected chi connectivity index (χ0v) is 16.7. The molecule has 0 aliphatic carbocycles. The molecular formula is C24H18BrN3. The molecule has 0 aromatic heterocycles. The fourth-order valence-electron chi connectivity index (χ4n) is 2.89. The molecule has 0 radical (unpaired) electrons. The number of nitrogens with zero attached hydrogens (tertiary/aromatic N) is 3. The lowest BCUT2D eigenvalue weighted by molar-refractivity contribution is 1.22. The Morgan fingerprint density at radius 3 is 1.32 bits per heavy atom. The van der Waals surface area contributed by atoms with Gasteiger partial charge >= 0.3 is 0 Å². The minimum Gasteiger partial charge on any atom is -0.311 e. The SMILES string of the molecule is Brc1ccc(N=Nc2ccc(N(c3ccccc3)c3ccccc3)cc2)cc1. The molecule has 0 aliphatic rings. The van der Waals surface area contributed by atoms with Gasteiger partial charge in [0.15, 0.2) is 0 Å². The molecule has 4 aromatic rings. The Morgan fingerprint density at radius 1 is 0.464 bits per heavy atom. The van der Waals surface area contributed by atoms with E-state index >= 15 is 0 Å². The minimum absolute atomic E-state index is 0.813. The monoisotopic (exact) mass is 427 g/mol. The van der Waals surface area contributed by atoms with Crippen molar-refractivity contribution in [1.29, 1.82) is 0 Å². The standard InChI is InChI=1S/C24H18BrN3/c25-19-11-13-20(14-12-19)26-27-21-15-17-24(18-16-21)28(22-7-3-1-4-8-22)23-9-5-2-6-10-23/h1-18H. The Morgan fingerprint density at radius 2 is 0.857 bits per heavy atom. The molecule has 0 fully saturated rings. The number of benzene rings is 4. The fraction of sp³-hybridized carbons (Fsp3) is 0. The van der Waals surface area contributed by atoms with Crippen LogP contribution in [0.1, 0.15) is 0 Å². The third kappa shape index (κ3) is 4.35. The van der Waals surface area contributed by atoms with Crippen molar-refractivity contribution < 1.29 is 0 Å². The van der Waals surface area contributed by atoms with Gasteiger partial charge in [-0.3, -0.25) is 0 Å². The number of para-hydroxylation sites is 2. The van der Waals surface area contributed by atoms with E-state index in [4.69, 9.17) is 0 Å². The van der Waals surface area contributed by atoms with Crippen molar-refractivity contribution in [3.63, 3.8) is 0 Å². The van der Waals surface area contributed by atoms with Crippen LogP contribution in [-0.4, -0.2) is 0 Å². The largest absolute Gasteiger partial charge is 0.311 e. The number of azo groups is 1. The summed E-state index contributed by atoms with van der Waals surface area (Å²) < 4.78 is 1.03. The van der Waals surface area contributed by atoms with Crippen LogP contribution in [0, 0.1) is 0 Å². The summed E-state index contributed by atoms with van der Waals surface area (Å²) in [4.78, 5) is 2.22. The molecule has 0 atom stereocenters. The van der Waals surface area contributed by atoms with Crippen LogP contribution in [-0.2, 0) is 0 Å². The molecule has 0 unspecified atom stereocenters. The first-order valence-corrected chi connectivity index (χ1v) is 9.76. The Balaban J connectivity index is 1.62. The van der Waals surface area contributed by atoms with E-state index in [0.29, 0.717) is 0 Å². The van der Waals surface area contributed by atoms with Gasteiger partial charge in [-0.15, -0.1) is 0 Å². The summed E-state index contributed by atoms with van der Waals surface area (Å²) in [6.45, 7) is 0. The highest BCUT2D eigenvalue weighted by molar-refractivity contribution is 9.10. The average molecular weight is 428 g/mol. The van der Waals surface area contributed by atoms with Gasteiger partial charge in [-0.2, -0.15) is 10.2 Å². The summed E-state index contributed by atoms with van der Waals surface area (Å²) in [5.41, 5.74) is 4.92. The van der Waals surface area contributed by atoms with Gasteiger partial charge in [0.2, 0.25) is 0 Å². The molecule has 0 spiro atoms. The Bertz CT molecular complexity index is 1010. The van der Waals surface area contributed by atoms with E-state index in [9.17, 15) is 0 Å². The van der Waals surface area contributed by atoms with E-state index in [1.807, 2.05) is 72.8 Å². The Hall–Kier alpha value is -3.24. The van der Waals surface area contributed by atoms with E-state index in [1.165, 1.54) is 0 Å². The molecule has 0 saturated carbocycles. The fourth-order valence-corrected chi connectivity index (χ4v) is 3.16. The van der Waals surface area contributed by atoms with Gasteiger partial charge < -0.3 is 4.90 Å². The molecule has 0 saturated heterocycles. The van der Waals surface area contributed by atoms with Crippen LogP contribution in [0.4, 0.5) is 28.4 Å². The van der Waals surface area contributed by atoms with Crippen LogP contribution in [0.2, 0.25) is 0 Å². The second kappa shape index (κ2) is 8.63. The molecule has 4 rings (SSSR count). The molecule has 136 valence electrons. The maximum Gasteiger partial charge on any atom is 0.0858 e. The molecule has 0 N–H and O–H groups in total. The maximum absolute atomic E-state index is 4.34. The summed E-state index contributed by atoms with van der Waals surface area (Å²) in [5, 5.41) is 8.64. The highest BCUT2D eigenvalue weighted by atomic mass is 79.9. The summed E-state index contributed by atoms with van der Waals surface area (Å²) >= 11 is 3.42. The molecule has 0 aliphatic heterocycles. The second-order valence-corrected chi connectivity index (χ2v) is 7.11. The molecular weight excluding hydrogens is 410 g/mol. The normalized spacial score (nSPS) is 10.9. The van der Waals surface area contributed by atoms with Crippen LogP contribution >= 0.6 is 15.9 Å². The maximum atomic E-state index is 4.34. The topological polar surface area (TPSA) is 28.0 Å². The van der Waals surface area contributed by atoms with Gasteiger partial charge in [-0.1, -0.05) is 52.3 Å². The predicted octanol–water partition coefficient (Wildman–Crippen LogP) is 8.33. The van der Waals surface area contributed by atoms with Crippen LogP contribution < -0.4 is 4.90 Å². The van der Waals surface area contributed by atoms with Crippen molar-refractivity contribution in [2.75, 3.05) is 4.90 Å². The zero-order valence-electron chi connectivity index (χ0n) is 15.1. The molecule has 0 amide bonds. The number of hydrogen-bond donors (Lipinski definition) is 0. The van der Waals surface area contributed by atoms with Crippen molar-refractivity contribution in [1.82, 2.24) is 0 Å². The average Bonchev–Trinajstić information content (AvgIpc) is 2.76. The highest BCUT2D eigenvalue weighted by Gasteiger charge is 2.11. The summed E-state index contributed by atoms with van der Waals surface area (Å²) in [7, 11) is 0. The number of anilines is 3. The molecule has 0 heterocycles. The lowest BCUT2D eigenvalue weighted by atomic mass is 10.2. The lowest BCUT2D eigenvalue weighted by Crippen LogP contribution is -2.09. The third-order valence-electron chi connectivity index (χ3n) is 4.24. The van der Waals surface area contributed by atoms with Crippen LogP contribution in [0.15, 0.2) is 124 Å². The van der Waals surface area contributed by atoms with Gasteiger partial charge in [0, 0.05) is 21.5 Å². The van der Waals surface area contributed by atoms with E-state index in [-0.39, 0.29) is 0 Å². The summed E-state index contributed by atoms with van der Waals surface area (Å²) in [6.07, 6.45) is 0. The minimum atomic E-state index is 0.813. The van der Waals surface area contributed by atoms with E-state index in [0.717, 1.165) is 32.9 Å². The molecule has 4 aromatic carbocycles. The first kappa shape index (κ1) is 18.1. The van der Waals surface area contributed by atoms with Crippen molar-refractivity contribution in [2.24, 2.45) is 10.2 Å². The molecule has 28 heavy (non-hydrogen) atoms. The molecule has 0 bridgehead atoms. The first-order chi connectivity index (χ1) is 13.8. The Labute approximate surface area is 173 Å². The number of hydrogen-bond acceptors (Lipinski definition) is 3. The van der Waals surface area contributed by atoms with Gasteiger partial charge in [0.05, 0.1) is 11.4 Å². The second-order valence-electron chi connectivity index (χ2n) is 6.20. The molecule has 3 nitrogen and oxygen atoms in total. The van der Waals surface area contributed by atoms with Crippen LogP contribution in [0.25, 0.3) is 0 Å². The predicted molar refractivity (Wildman–Crippen MR) is 119 cm³/mol. The Kier molecular flexibility index (Phi) is 5.59. The van der Waals surface area contributed by atoms with Gasteiger partial charge in [0.25, 0.3) is 0 Å². The number of rotatable bonds is 5. The first-order valence-electron chi connectivity index (χ1n) is 8.97. The van der Waals surface area contributed by atoms with Gasteiger partial charge in [0.1, 0.15) is 0 Å². The van der Waals surface area contributed by atoms with E-state index < -0.39 is 0 Å². The summed E-state index contributed by atoms with van der Waals surface area (Å²) in [5.74, 6) is 0. The van der Waals surface area contributed by atoms with Crippen molar-refractivity contribution >= 4 is 44.4 Å². The van der Waals surface area contributed by atoms with E-state index in [2.05, 4.69) is 67.5 Å². The van der Waals surface area contributed by atoms with Gasteiger partial charge in [-0.25, -0.2) is 0 Å². The molecule has 4 heteroatoms. The number of halogens is 1. The van der Waals surface area contributed by atoms with Crippen molar-refractivity contribution in [2.45, 2.75) is 0 Å². The highest BCUT2D eigenvalue weighted by Crippen LogP contribution is 2.35. The van der Waals surface area contributed by atoms with Crippen LogP contribution in [0.3, 0.4) is 0 Å². The zero-order chi connectivity index (χ0) is 19.2.